The van der Waals surface area contributed by atoms with E-state index in [4.69, 9.17) is 18.3 Å². The maximum Gasteiger partial charge on any atom is 0.375 e. The summed E-state index contributed by atoms with van der Waals surface area (Å²) in [5, 5.41) is 0.497. The number of hydrogen-bond donors (Lipinski definition) is 0. The van der Waals surface area contributed by atoms with E-state index >= 15 is 0 Å². The second kappa shape index (κ2) is 6.80. The molecule has 2 aromatic heterocycles. The number of fused-ring (bicyclic) bond motifs is 1. The second-order valence-electron chi connectivity index (χ2n) is 5.25. The molecule has 0 unspecified atom stereocenters. The van der Waals surface area contributed by atoms with Gasteiger partial charge in [-0.3, -0.25) is 0 Å². The van der Waals surface area contributed by atoms with Crippen LogP contribution in [-0.2, 0) is 16.1 Å². The summed E-state index contributed by atoms with van der Waals surface area (Å²) in [5.74, 6) is -1.57. The predicted molar refractivity (Wildman–Crippen MR) is 84.7 cm³/mol. The first-order valence-electron chi connectivity index (χ1n) is 7.60. The molecule has 3 aromatic rings. The molecule has 2 heterocycles. The quantitative estimate of drug-likeness (QED) is 0.650. The van der Waals surface area contributed by atoms with Crippen LogP contribution in [-0.4, -0.2) is 18.5 Å². The van der Waals surface area contributed by atoms with Crippen LogP contribution in [0.15, 0.2) is 39.4 Å². The van der Waals surface area contributed by atoms with Crippen LogP contribution < -0.4 is 0 Å². The van der Waals surface area contributed by atoms with Gasteiger partial charge < -0.3 is 18.3 Å². The van der Waals surface area contributed by atoms with Gasteiger partial charge in [0.05, 0.1) is 12.9 Å². The molecule has 25 heavy (non-hydrogen) atoms. The van der Waals surface area contributed by atoms with Gasteiger partial charge >= 0.3 is 11.9 Å². The van der Waals surface area contributed by atoms with Crippen LogP contribution in [0, 0.1) is 12.7 Å². The number of aryl methyl sites for hydroxylation is 1. The first-order chi connectivity index (χ1) is 12.0. The van der Waals surface area contributed by atoms with E-state index in [-0.39, 0.29) is 30.3 Å². The van der Waals surface area contributed by atoms with Crippen LogP contribution in [0.2, 0.25) is 0 Å². The summed E-state index contributed by atoms with van der Waals surface area (Å²) in [5.41, 5.74) is 1.05. The van der Waals surface area contributed by atoms with Gasteiger partial charge in [-0.2, -0.15) is 0 Å². The lowest BCUT2D eigenvalue weighted by molar-refractivity contribution is 0.0393. The Morgan fingerprint density at radius 1 is 1.16 bits per heavy atom. The Morgan fingerprint density at radius 2 is 1.96 bits per heavy atom. The molecular formula is C18H15FO6. The average molecular weight is 346 g/mol. The largest absolute Gasteiger partial charge is 0.465 e. The Morgan fingerprint density at radius 3 is 2.72 bits per heavy atom. The van der Waals surface area contributed by atoms with E-state index in [2.05, 4.69) is 0 Å². The lowest BCUT2D eigenvalue weighted by Crippen LogP contribution is -2.09. The summed E-state index contributed by atoms with van der Waals surface area (Å²) < 4.78 is 34.0. The summed E-state index contributed by atoms with van der Waals surface area (Å²) >= 11 is 0. The van der Waals surface area contributed by atoms with E-state index < -0.39 is 17.8 Å². The highest BCUT2D eigenvalue weighted by Crippen LogP contribution is 2.27. The van der Waals surface area contributed by atoms with Gasteiger partial charge in [-0.25, -0.2) is 14.0 Å². The van der Waals surface area contributed by atoms with Crippen molar-refractivity contribution in [2.24, 2.45) is 0 Å². The normalized spacial score (nSPS) is 10.8. The topological polar surface area (TPSA) is 78.9 Å². The Bertz CT molecular complexity index is 936. The minimum Gasteiger partial charge on any atom is -0.465 e. The maximum atomic E-state index is 13.3. The molecule has 3 rings (SSSR count). The van der Waals surface area contributed by atoms with E-state index in [0.29, 0.717) is 16.5 Å². The molecule has 7 heteroatoms. The Balaban J connectivity index is 1.77. The third-order valence-corrected chi connectivity index (χ3v) is 3.66. The molecule has 0 aliphatic heterocycles. The van der Waals surface area contributed by atoms with Crippen molar-refractivity contribution in [3.8, 4) is 0 Å². The van der Waals surface area contributed by atoms with Crippen molar-refractivity contribution in [1.29, 1.82) is 0 Å². The lowest BCUT2D eigenvalue weighted by Gasteiger charge is -2.04. The first kappa shape index (κ1) is 16.8. The highest BCUT2D eigenvalue weighted by molar-refractivity contribution is 5.96. The van der Waals surface area contributed by atoms with Crippen LogP contribution in [0.4, 0.5) is 4.39 Å². The van der Waals surface area contributed by atoms with Crippen molar-refractivity contribution in [3.63, 3.8) is 0 Å². The van der Waals surface area contributed by atoms with Gasteiger partial charge in [0, 0.05) is 10.9 Å². The van der Waals surface area contributed by atoms with E-state index in [9.17, 15) is 14.0 Å². The van der Waals surface area contributed by atoms with Crippen molar-refractivity contribution < 1.29 is 32.3 Å². The molecule has 0 saturated carbocycles. The number of carbonyl (C=O) groups is 2. The highest BCUT2D eigenvalue weighted by Gasteiger charge is 2.22. The van der Waals surface area contributed by atoms with Gasteiger partial charge in [0.2, 0.25) is 5.76 Å². The summed E-state index contributed by atoms with van der Waals surface area (Å²) in [6, 6.07) is 5.42. The first-order valence-corrected chi connectivity index (χ1v) is 7.60. The highest BCUT2D eigenvalue weighted by atomic mass is 19.1. The summed E-state index contributed by atoms with van der Waals surface area (Å²) in [6.45, 7) is 3.28. The van der Waals surface area contributed by atoms with E-state index in [1.807, 2.05) is 0 Å². The molecule has 6 nitrogen and oxygen atoms in total. The van der Waals surface area contributed by atoms with E-state index in [1.165, 1.54) is 30.5 Å². The summed E-state index contributed by atoms with van der Waals surface area (Å²) in [6.07, 6.45) is 1.31. The fourth-order valence-electron chi connectivity index (χ4n) is 2.43. The van der Waals surface area contributed by atoms with Crippen LogP contribution in [0.3, 0.4) is 0 Å². The SMILES string of the molecule is CCOC(=O)c1ccoc1COC(=O)c1oc2ccc(F)cc2c1C. The van der Waals surface area contributed by atoms with Crippen molar-refractivity contribution in [1.82, 2.24) is 0 Å². The Hall–Kier alpha value is -3.09. The number of benzene rings is 1. The zero-order valence-electron chi connectivity index (χ0n) is 13.6. The monoisotopic (exact) mass is 346 g/mol. The number of halogens is 1. The van der Waals surface area contributed by atoms with Crippen LogP contribution in [0.25, 0.3) is 11.0 Å². The third-order valence-electron chi connectivity index (χ3n) is 3.66. The van der Waals surface area contributed by atoms with E-state index in [0.717, 1.165) is 0 Å². The summed E-state index contributed by atoms with van der Waals surface area (Å²) in [7, 11) is 0. The third kappa shape index (κ3) is 3.26. The fraction of sp³-hybridized carbons (Fsp3) is 0.222. The van der Waals surface area contributed by atoms with Gasteiger partial charge in [0.1, 0.15) is 17.0 Å². The number of esters is 2. The molecule has 0 amide bonds. The van der Waals surface area contributed by atoms with Crippen LogP contribution >= 0.6 is 0 Å². The molecule has 130 valence electrons. The molecule has 0 spiro atoms. The molecule has 0 fully saturated rings. The Labute approximate surface area is 142 Å². The van der Waals surface area contributed by atoms with Crippen molar-refractivity contribution in [2.45, 2.75) is 20.5 Å². The van der Waals surface area contributed by atoms with Gasteiger partial charge in [-0.05, 0) is 38.1 Å². The fourth-order valence-corrected chi connectivity index (χ4v) is 2.43. The molecular weight excluding hydrogens is 331 g/mol. The number of carbonyl (C=O) groups excluding carboxylic acids is 2. The van der Waals surface area contributed by atoms with Crippen LogP contribution in [0.5, 0.6) is 0 Å². The minimum atomic E-state index is -0.736. The molecule has 0 atom stereocenters. The molecule has 0 aliphatic carbocycles. The zero-order valence-corrected chi connectivity index (χ0v) is 13.6. The number of rotatable bonds is 5. The summed E-state index contributed by atoms with van der Waals surface area (Å²) in [4.78, 5) is 24.0. The second-order valence-corrected chi connectivity index (χ2v) is 5.25. The molecule has 0 aliphatic rings. The van der Waals surface area contributed by atoms with E-state index in [1.54, 1.807) is 13.8 Å². The molecule has 1 aromatic carbocycles. The molecule has 0 radical (unpaired) electrons. The van der Waals surface area contributed by atoms with Crippen molar-refractivity contribution in [2.75, 3.05) is 6.61 Å². The average Bonchev–Trinajstić information content (AvgIpc) is 3.18. The van der Waals surface area contributed by atoms with Gasteiger partial charge in [-0.15, -0.1) is 0 Å². The molecule has 0 saturated heterocycles. The van der Waals surface area contributed by atoms with Gasteiger partial charge in [0.25, 0.3) is 0 Å². The smallest absolute Gasteiger partial charge is 0.375 e. The van der Waals surface area contributed by atoms with Crippen molar-refractivity contribution in [3.05, 3.63) is 59.0 Å². The standard InChI is InChI=1S/C18H15FO6/c1-3-22-17(20)12-6-7-23-15(12)9-24-18(21)16-10(2)13-8-11(19)4-5-14(13)25-16/h4-8H,3,9H2,1-2H3. The maximum absolute atomic E-state index is 13.3. The number of hydrogen-bond acceptors (Lipinski definition) is 6. The number of furan rings is 2. The number of ether oxygens (including phenoxy) is 2. The predicted octanol–water partition coefficient (Wildman–Crippen LogP) is 4.01. The van der Waals surface area contributed by atoms with Crippen LogP contribution in [0.1, 0.15) is 39.2 Å². The van der Waals surface area contributed by atoms with Gasteiger partial charge in [-0.1, -0.05) is 0 Å². The molecule has 0 bridgehead atoms. The molecule has 0 N–H and O–H groups in total. The zero-order chi connectivity index (χ0) is 18.0. The van der Waals surface area contributed by atoms with Gasteiger partial charge in [0.15, 0.2) is 12.4 Å². The Kier molecular flexibility index (Phi) is 4.56. The lowest BCUT2D eigenvalue weighted by atomic mass is 10.1. The minimum absolute atomic E-state index is 0.0233. The van der Waals surface area contributed by atoms with Crippen molar-refractivity contribution >= 4 is 22.9 Å².